The summed E-state index contributed by atoms with van der Waals surface area (Å²) in [5, 5.41) is 10.2. The summed E-state index contributed by atoms with van der Waals surface area (Å²) in [5.41, 5.74) is 1.79. The van der Waals surface area contributed by atoms with Gasteiger partial charge in [-0.15, -0.1) is 0 Å². The van der Waals surface area contributed by atoms with E-state index in [1.165, 1.54) is 12.3 Å². The molecule has 0 aromatic heterocycles. The van der Waals surface area contributed by atoms with E-state index >= 15 is 0 Å². The number of phenols is 1. The Bertz CT molecular complexity index is 608. The van der Waals surface area contributed by atoms with E-state index in [1.54, 1.807) is 24.3 Å². The minimum Gasteiger partial charge on any atom is -0.507 e. The van der Waals surface area contributed by atoms with Crippen molar-refractivity contribution in [2.24, 2.45) is 4.99 Å². The Hall–Kier alpha value is -2.16. The Morgan fingerprint density at radius 2 is 1.95 bits per heavy atom. The van der Waals surface area contributed by atoms with Crippen molar-refractivity contribution in [3.63, 3.8) is 0 Å². The summed E-state index contributed by atoms with van der Waals surface area (Å²) in [7, 11) is 0. The molecule has 1 N–H and O–H groups in total. The zero-order valence-corrected chi connectivity index (χ0v) is 11.5. The summed E-state index contributed by atoms with van der Waals surface area (Å²) in [6.07, 6.45) is 4.45. The molecule has 104 valence electrons. The molecule has 0 aliphatic rings. The summed E-state index contributed by atoms with van der Waals surface area (Å²) in [4.78, 5) is 4.10. The van der Waals surface area contributed by atoms with Crippen LogP contribution in [0.3, 0.4) is 0 Å². The van der Waals surface area contributed by atoms with Crippen molar-refractivity contribution < 1.29 is 9.50 Å². The average Bonchev–Trinajstić information content (AvgIpc) is 2.46. The number of phenolic OH excluding ortho intramolecular Hbond substituents is 1. The third kappa shape index (κ3) is 3.44. The molecule has 0 aliphatic heterocycles. The third-order valence-electron chi connectivity index (χ3n) is 3.15. The first-order chi connectivity index (χ1) is 9.72. The second kappa shape index (κ2) is 6.85. The molecule has 20 heavy (non-hydrogen) atoms. The van der Waals surface area contributed by atoms with Crippen LogP contribution in [0, 0.1) is 5.82 Å². The van der Waals surface area contributed by atoms with E-state index in [9.17, 15) is 9.50 Å². The fourth-order valence-electron chi connectivity index (χ4n) is 1.98. The number of unbranched alkanes of at least 4 members (excludes halogenated alkanes) is 1. The molecule has 2 aromatic carbocycles. The molecular formula is C17H18FNO. The van der Waals surface area contributed by atoms with Crippen molar-refractivity contribution in [1.29, 1.82) is 0 Å². The molecule has 0 spiro atoms. The van der Waals surface area contributed by atoms with Gasteiger partial charge in [-0.1, -0.05) is 37.6 Å². The minimum absolute atomic E-state index is 0.237. The van der Waals surface area contributed by atoms with E-state index in [0.29, 0.717) is 5.56 Å². The summed E-state index contributed by atoms with van der Waals surface area (Å²) in [6, 6.07) is 11.9. The molecule has 0 atom stereocenters. The number of aromatic hydroxyl groups is 1. The molecule has 0 saturated carbocycles. The van der Waals surface area contributed by atoms with Crippen LogP contribution in [0.2, 0.25) is 0 Å². The SMILES string of the molecule is CCCCc1cccc(C=Nc2ccccc2F)c1O. The topological polar surface area (TPSA) is 32.6 Å². The number of aryl methyl sites for hydroxylation is 1. The lowest BCUT2D eigenvalue weighted by atomic mass is 10.0. The number of hydrogen-bond acceptors (Lipinski definition) is 2. The highest BCUT2D eigenvalue weighted by atomic mass is 19.1. The first-order valence-electron chi connectivity index (χ1n) is 6.82. The van der Waals surface area contributed by atoms with Crippen LogP contribution in [0.25, 0.3) is 0 Å². The molecule has 3 heteroatoms. The Morgan fingerprint density at radius 1 is 1.15 bits per heavy atom. The van der Waals surface area contributed by atoms with Crippen molar-refractivity contribution in [1.82, 2.24) is 0 Å². The largest absolute Gasteiger partial charge is 0.507 e. The van der Waals surface area contributed by atoms with Gasteiger partial charge in [0.2, 0.25) is 0 Å². The molecule has 2 aromatic rings. The molecule has 2 rings (SSSR count). The average molecular weight is 271 g/mol. The van der Waals surface area contributed by atoms with Crippen LogP contribution in [-0.2, 0) is 6.42 Å². The monoisotopic (exact) mass is 271 g/mol. The summed E-state index contributed by atoms with van der Waals surface area (Å²) in [6.45, 7) is 2.11. The number of rotatable bonds is 5. The van der Waals surface area contributed by atoms with Crippen molar-refractivity contribution in [3.05, 3.63) is 59.4 Å². The number of hydrogen-bond donors (Lipinski definition) is 1. The summed E-state index contributed by atoms with van der Waals surface area (Å²) in [5.74, 6) is -0.133. The second-order valence-electron chi connectivity index (χ2n) is 4.67. The molecule has 0 aliphatic carbocycles. The predicted octanol–water partition coefficient (Wildman–Crippen LogP) is 4.62. The van der Waals surface area contributed by atoms with Crippen molar-refractivity contribution >= 4 is 11.9 Å². The maximum Gasteiger partial charge on any atom is 0.148 e. The standard InChI is InChI=1S/C17H18FNO/c1-2-3-7-13-8-6-9-14(17(13)20)12-19-16-11-5-4-10-15(16)18/h4-6,8-12,20H,2-3,7H2,1H3. The van der Waals surface area contributed by atoms with Crippen molar-refractivity contribution in [2.75, 3.05) is 0 Å². The van der Waals surface area contributed by atoms with Gasteiger partial charge >= 0.3 is 0 Å². The van der Waals surface area contributed by atoms with Crippen LogP contribution in [-0.4, -0.2) is 11.3 Å². The van der Waals surface area contributed by atoms with Gasteiger partial charge < -0.3 is 5.11 Å². The van der Waals surface area contributed by atoms with Crippen LogP contribution in [0.5, 0.6) is 5.75 Å². The lowest BCUT2D eigenvalue weighted by Crippen LogP contribution is -1.90. The molecule has 0 heterocycles. The van der Waals surface area contributed by atoms with E-state index in [0.717, 1.165) is 24.8 Å². The van der Waals surface area contributed by atoms with Crippen LogP contribution in [0.4, 0.5) is 10.1 Å². The number of halogens is 1. The molecule has 0 radical (unpaired) electrons. The molecule has 0 bridgehead atoms. The highest BCUT2D eigenvalue weighted by molar-refractivity contribution is 5.86. The van der Waals surface area contributed by atoms with Crippen LogP contribution in [0.1, 0.15) is 30.9 Å². The van der Waals surface area contributed by atoms with Gasteiger partial charge in [0, 0.05) is 11.8 Å². The fourth-order valence-corrected chi connectivity index (χ4v) is 1.98. The zero-order chi connectivity index (χ0) is 14.4. The zero-order valence-electron chi connectivity index (χ0n) is 11.5. The lowest BCUT2D eigenvalue weighted by Gasteiger charge is -2.06. The molecule has 0 fully saturated rings. The van der Waals surface area contributed by atoms with Crippen molar-refractivity contribution in [3.8, 4) is 5.75 Å². The Kier molecular flexibility index (Phi) is 4.88. The second-order valence-corrected chi connectivity index (χ2v) is 4.67. The maximum absolute atomic E-state index is 13.5. The van der Waals surface area contributed by atoms with E-state index in [2.05, 4.69) is 11.9 Å². The van der Waals surface area contributed by atoms with Gasteiger partial charge in [0.15, 0.2) is 0 Å². The number of aliphatic imine (C=N–C) groups is 1. The van der Waals surface area contributed by atoms with Gasteiger partial charge in [-0.25, -0.2) is 4.39 Å². The Morgan fingerprint density at radius 3 is 2.70 bits per heavy atom. The Balaban J connectivity index is 2.23. The van der Waals surface area contributed by atoms with Crippen LogP contribution >= 0.6 is 0 Å². The van der Waals surface area contributed by atoms with Gasteiger partial charge in [0.05, 0.1) is 5.69 Å². The van der Waals surface area contributed by atoms with E-state index in [4.69, 9.17) is 0 Å². The van der Waals surface area contributed by atoms with Gasteiger partial charge in [0.1, 0.15) is 11.6 Å². The molecular weight excluding hydrogens is 253 g/mol. The molecule has 0 amide bonds. The third-order valence-corrected chi connectivity index (χ3v) is 3.15. The molecule has 0 saturated heterocycles. The van der Waals surface area contributed by atoms with Gasteiger partial charge in [-0.2, -0.15) is 0 Å². The molecule has 0 unspecified atom stereocenters. The number of nitrogens with zero attached hydrogens (tertiary/aromatic N) is 1. The quantitative estimate of drug-likeness (QED) is 0.790. The van der Waals surface area contributed by atoms with Crippen LogP contribution in [0.15, 0.2) is 47.5 Å². The summed E-state index contributed by atoms with van der Waals surface area (Å²) < 4.78 is 13.5. The first kappa shape index (κ1) is 14.3. The van der Waals surface area contributed by atoms with Gasteiger partial charge in [-0.3, -0.25) is 4.99 Å². The van der Waals surface area contributed by atoms with Gasteiger partial charge in [0.25, 0.3) is 0 Å². The van der Waals surface area contributed by atoms with Crippen molar-refractivity contribution in [2.45, 2.75) is 26.2 Å². The van der Waals surface area contributed by atoms with E-state index < -0.39 is 0 Å². The highest BCUT2D eigenvalue weighted by Crippen LogP contribution is 2.24. The van der Waals surface area contributed by atoms with Gasteiger partial charge in [-0.05, 0) is 36.6 Å². The smallest absolute Gasteiger partial charge is 0.148 e. The first-order valence-corrected chi connectivity index (χ1v) is 6.82. The lowest BCUT2D eigenvalue weighted by molar-refractivity contribution is 0.466. The normalized spacial score (nSPS) is 11.1. The van der Waals surface area contributed by atoms with E-state index in [-0.39, 0.29) is 17.3 Å². The molecule has 2 nitrogen and oxygen atoms in total. The summed E-state index contributed by atoms with van der Waals surface area (Å²) >= 11 is 0. The predicted molar refractivity (Wildman–Crippen MR) is 80.4 cm³/mol. The highest BCUT2D eigenvalue weighted by Gasteiger charge is 2.05. The number of para-hydroxylation sites is 2. The Labute approximate surface area is 118 Å². The van der Waals surface area contributed by atoms with Crippen LogP contribution < -0.4 is 0 Å². The minimum atomic E-state index is -0.370. The van der Waals surface area contributed by atoms with E-state index in [1.807, 2.05) is 12.1 Å². The maximum atomic E-state index is 13.5. The fraction of sp³-hybridized carbons (Fsp3) is 0.235. The number of benzene rings is 2.